The average molecular weight is 313 g/mol. The highest BCUT2D eigenvalue weighted by Crippen LogP contribution is 2.20. The van der Waals surface area contributed by atoms with Crippen LogP contribution in [-0.2, 0) is 14.8 Å². The van der Waals surface area contributed by atoms with E-state index in [2.05, 4.69) is 15.4 Å². The van der Waals surface area contributed by atoms with Crippen LogP contribution in [0.4, 0.5) is 5.69 Å². The van der Waals surface area contributed by atoms with E-state index in [1.54, 1.807) is 18.2 Å². The van der Waals surface area contributed by atoms with Crippen molar-refractivity contribution in [1.82, 2.24) is 10.0 Å². The Hall–Kier alpha value is -1.60. The van der Waals surface area contributed by atoms with E-state index < -0.39 is 10.0 Å². The van der Waals surface area contributed by atoms with Crippen LogP contribution in [0.1, 0.15) is 27.2 Å². The van der Waals surface area contributed by atoms with E-state index in [9.17, 15) is 13.2 Å². The molecule has 0 fully saturated rings. The number of hydrogen-bond donors (Lipinski definition) is 3. The molecule has 0 aliphatic rings. The molecule has 1 rings (SSSR count). The number of carbonyl (C=O) groups excluding carboxylic acids is 1. The van der Waals surface area contributed by atoms with Crippen molar-refractivity contribution in [2.45, 2.75) is 38.1 Å². The van der Waals surface area contributed by atoms with Crippen molar-refractivity contribution in [2.75, 3.05) is 18.4 Å². The summed E-state index contributed by atoms with van der Waals surface area (Å²) >= 11 is 0. The van der Waals surface area contributed by atoms with Gasteiger partial charge in [-0.1, -0.05) is 19.1 Å². The van der Waals surface area contributed by atoms with E-state index in [0.29, 0.717) is 18.7 Å². The van der Waals surface area contributed by atoms with Crippen LogP contribution in [0, 0.1) is 0 Å². The topological polar surface area (TPSA) is 87.3 Å². The lowest BCUT2D eigenvalue weighted by Crippen LogP contribution is -2.35. The van der Waals surface area contributed by atoms with Crippen molar-refractivity contribution in [2.24, 2.45) is 0 Å². The van der Waals surface area contributed by atoms with Crippen LogP contribution < -0.4 is 15.4 Å². The normalized spacial score (nSPS) is 11.4. The second-order valence-electron chi connectivity index (χ2n) is 4.97. The predicted octanol–water partition coefficient (Wildman–Crippen LogP) is 1.31. The van der Waals surface area contributed by atoms with Crippen LogP contribution in [0.15, 0.2) is 29.2 Å². The van der Waals surface area contributed by atoms with Crippen LogP contribution >= 0.6 is 0 Å². The third-order valence-corrected chi connectivity index (χ3v) is 4.13. The van der Waals surface area contributed by atoms with Crippen molar-refractivity contribution < 1.29 is 13.2 Å². The molecular formula is C14H23N3O3S. The Bertz CT molecular complexity index is 571. The van der Waals surface area contributed by atoms with Gasteiger partial charge in [0.05, 0.1) is 12.2 Å². The summed E-state index contributed by atoms with van der Waals surface area (Å²) in [6.07, 6.45) is 0.714. The first-order valence-corrected chi connectivity index (χ1v) is 8.47. The molecule has 0 aliphatic carbocycles. The molecule has 21 heavy (non-hydrogen) atoms. The monoisotopic (exact) mass is 313 g/mol. The van der Waals surface area contributed by atoms with Crippen molar-refractivity contribution in [1.29, 1.82) is 0 Å². The molecule has 0 heterocycles. The maximum atomic E-state index is 12.2. The lowest BCUT2D eigenvalue weighted by molar-refractivity contribution is -0.119. The van der Waals surface area contributed by atoms with Gasteiger partial charge in [-0.25, -0.2) is 13.1 Å². The zero-order valence-corrected chi connectivity index (χ0v) is 13.5. The van der Waals surface area contributed by atoms with Crippen molar-refractivity contribution in [3.63, 3.8) is 0 Å². The van der Waals surface area contributed by atoms with Crippen LogP contribution in [0.25, 0.3) is 0 Å². The highest BCUT2D eigenvalue weighted by molar-refractivity contribution is 7.89. The van der Waals surface area contributed by atoms with E-state index in [0.717, 1.165) is 0 Å². The molecule has 0 bridgehead atoms. The lowest BCUT2D eigenvalue weighted by atomic mass is 10.3. The van der Waals surface area contributed by atoms with Crippen LogP contribution in [0.5, 0.6) is 0 Å². The van der Waals surface area contributed by atoms with E-state index in [-0.39, 0.29) is 23.4 Å². The van der Waals surface area contributed by atoms with Gasteiger partial charge in [0.1, 0.15) is 4.90 Å². The summed E-state index contributed by atoms with van der Waals surface area (Å²) in [5.41, 5.74) is 0.417. The van der Waals surface area contributed by atoms with Gasteiger partial charge in [-0.05, 0) is 32.4 Å². The molecule has 3 N–H and O–H groups in total. The minimum absolute atomic E-state index is 0.0263. The van der Waals surface area contributed by atoms with E-state index in [4.69, 9.17) is 0 Å². The minimum atomic E-state index is -3.57. The number of benzene rings is 1. The number of amides is 1. The van der Waals surface area contributed by atoms with Gasteiger partial charge >= 0.3 is 0 Å². The Kier molecular flexibility index (Phi) is 6.64. The van der Waals surface area contributed by atoms with E-state index in [1.165, 1.54) is 6.07 Å². The molecule has 0 saturated heterocycles. The molecule has 0 spiro atoms. The predicted molar refractivity (Wildman–Crippen MR) is 83.7 cm³/mol. The molecule has 1 amide bonds. The fraction of sp³-hybridized carbons (Fsp3) is 0.500. The molecule has 1 aromatic rings. The first-order chi connectivity index (χ1) is 9.86. The zero-order chi connectivity index (χ0) is 15.9. The molecule has 0 saturated carbocycles. The minimum Gasteiger partial charge on any atom is -0.375 e. The summed E-state index contributed by atoms with van der Waals surface area (Å²) in [7, 11) is -3.57. The Morgan fingerprint density at radius 2 is 1.90 bits per heavy atom. The van der Waals surface area contributed by atoms with Gasteiger partial charge in [-0.15, -0.1) is 0 Å². The first kappa shape index (κ1) is 17.5. The molecule has 0 aromatic heterocycles. The highest BCUT2D eigenvalue weighted by Gasteiger charge is 2.17. The zero-order valence-electron chi connectivity index (χ0n) is 12.6. The Morgan fingerprint density at radius 1 is 1.24 bits per heavy atom. The highest BCUT2D eigenvalue weighted by atomic mass is 32.2. The quantitative estimate of drug-likeness (QED) is 0.675. The Labute approximate surface area is 126 Å². The van der Waals surface area contributed by atoms with Crippen LogP contribution in [-0.4, -0.2) is 33.5 Å². The average Bonchev–Trinajstić information content (AvgIpc) is 2.42. The second-order valence-corrected chi connectivity index (χ2v) is 6.71. The van der Waals surface area contributed by atoms with Crippen molar-refractivity contribution >= 4 is 21.6 Å². The molecule has 6 nitrogen and oxygen atoms in total. The molecule has 7 heteroatoms. The SMILES string of the molecule is CCCNS(=O)(=O)c1ccccc1NCC(=O)NC(C)C. The van der Waals surface area contributed by atoms with E-state index >= 15 is 0 Å². The number of nitrogens with one attached hydrogen (secondary N) is 3. The molecule has 118 valence electrons. The maximum absolute atomic E-state index is 12.2. The Balaban J connectivity index is 2.82. The van der Waals surface area contributed by atoms with Gasteiger partial charge in [0.2, 0.25) is 15.9 Å². The number of anilines is 1. The van der Waals surface area contributed by atoms with Gasteiger partial charge in [0, 0.05) is 12.6 Å². The number of para-hydroxylation sites is 1. The molecular weight excluding hydrogens is 290 g/mol. The summed E-state index contributed by atoms with van der Waals surface area (Å²) in [6, 6.07) is 6.58. The maximum Gasteiger partial charge on any atom is 0.242 e. The van der Waals surface area contributed by atoms with Gasteiger partial charge in [0.15, 0.2) is 0 Å². The molecule has 0 atom stereocenters. The molecule has 0 unspecified atom stereocenters. The molecule has 0 aliphatic heterocycles. The van der Waals surface area contributed by atoms with Crippen molar-refractivity contribution in [3.8, 4) is 0 Å². The standard InChI is InChI=1S/C14H23N3O3S/c1-4-9-16-21(19,20)13-8-6-5-7-12(13)15-10-14(18)17-11(2)3/h5-8,11,15-16H,4,9-10H2,1-3H3,(H,17,18). The third-order valence-electron chi connectivity index (χ3n) is 2.61. The summed E-state index contributed by atoms with van der Waals surface area (Å²) in [5.74, 6) is -0.182. The Morgan fingerprint density at radius 3 is 2.52 bits per heavy atom. The fourth-order valence-corrected chi connectivity index (χ4v) is 3.03. The molecule has 0 radical (unpaired) electrons. The van der Waals surface area contributed by atoms with Crippen LogP contribution in [0.2, 0.25) is 0 Å². The summed E-state index contributed by atoms with van der Waals surface area (Å²) < 4.78 is 26.9. The largest absolute Gasteiger partial charge is 0.375 e. The number of rotatable bonds is 8. The lowest BCUT2D eigenvalue weighted by Gasteiger charge is -2.14. The van der Waals surface area contributed by atoms with Crippen molar-refractivity contribution in [3.05, 3.63) is 24.3 Å². The fourth-order valence-electron chi connectivity index (χ4n) is 1.71. The van der Waals surface area contributed by atoms with E-state index in [1.807, 2.05) is 20.8 Å². The van der Waals surface area contributed by atoms with Gasteiger partial charge < -0.3 is 10.6 Å². The first-order valence-electron chi connectivity index (χ1n) is 6.98. The second kappa shape index (κ2) is 7.99. The van der Waals surface area contributed by atoms with Gasteiger partial charge in [-0.3, -0.25) is 4.79 Å². The molecule has 1 aromatic carbocycles. The van der Waals surface area contributed by atoms with Crippen LogP contribution in [0.3, 0.4) is 0 Å². The third kappa shape index (κ3) is 5.73. The summed E-state index contributed by atoms with van der Waals surface area (Å²) in [6.45, 7) is 6.03. The number of sulfonamides is 1. The number of hydrogen-bond acceptors (Lipinski definition) is 4. The van der Waals surface area contributed by atoms with Gasteiger partial charge in [-0.2, -0.15) is 0 Å². The summed E-state index contributed by atoms with van der Waals surface area (Å²) in [5, 5.41) is 5.61. The smallest absolute Gasteiger partial charge is 0.242 e. The number of carbonyl (C=O) groups is 1. The van der Waals surface area contributed by atoms with Gasteiger partial charge in [0.25, 0.3) is 0 Å². The summed E-state index contributed by atoms with van der Waals surface area (Å²) in [4.78, 5) is 11.8.